The van der Waals surface area contributed by atoms with Crippen molar-refractivity contribution in [1.82, 2.24) is 15.1 Å². The number of urea groups is 1. The van der Waals surface area contributed by atoms with Crippen LogP contribution in [0.15, 0.2) is 0 Å². The van der Waals surface area contributed by atoms with Gasteiger partial charge in [0.15, 0.2) is 0 Å². The number of carboxylic acids is 1. The van der Waals surface area contributed by atoms with Crippen molar-refractivity contribution in [1.29, 1.82) is 0 Å². The van der Waals surface area contributed by atoms with Gasteiger partial charge in [0.1, 0.15) is 0 Å². The van der Waals surface area contributed by atoms with Gasteiger partial charge in [-0.2, -0.15) is 0 Å². The predicted octanol–water partition coefficient (Wildman–Crippen LogP) is 0.831. The fourth-order valence-corrected chi connectivity index (χ4v) is 2.11. The van der Waals surface area contributed by atoms with Crippen molar-refractivity contribution in [2.45, 2.75) is 38.8 Å². The van der Waals surface area contributed by atoms with Crippen molar-refractivity contribution in [3.05, 3.63) is 0 Å². The summed E-state index contributed by atoms with van der Waals surface area (Å²) in [6.45, 7) is 6.91. The second-order valence-electron chi connectivity index (χ2n) is 6.03. The maximum Gasteiger partial charge on any atom is 0.317 e. The largest absolute Gasteiger partial charge is 0.481 e. The average molecular weight is 271 g/mol. The first-order chi connectivity index (χ1) is 8.66. The number of nitrogens with one attached hydrogen (secondary N) is 1. The minimum absolute atomic E-state index is 0.134. The van der Waals surface area contributed by atoms with Crippen LogP contribution in [0.1, 0.15) is 27.2 Å². The molecule has 0 aliphatic carbocycles. The summed E-state index contributed by atoms with van der Waals surface area (Å²) in [4.78, 5) is 26.8. The van der Waals surface area contributed by atoms with Gasteiger partial charge >= 0.3 is 12.0 Å². The molecule has 2 unspecified atom stereocenters. The monoisotopic (exact) mass is 271 g/mol. The summed E-state index contributed by atoms with van der Waals surface area (Å²) in [5, 5.41) is 11.9. The second kappa shape index (κ2) is 5.77. The van der Waals surface area contributed by atoms with Gasteiger partial charge in [0, 0.05) is 24.7 Å². The summed E-state index contributed by atoms with van der Waals surface area (Å²) in [5.41, 5.74) is -0.134. The lowest BCUT2D eigenvalue weighted by atomic mass is 10.0. The zero-order valence-corrected chi connectivity index (χ0v) is 12.4. The Kier molecular flexibility index (Phi) is 4.79. The van der Waals surface area contributed by atoms with E-state index in [1.807, 2.05) is 32.8 Å². The van der Waals surface area contributed by atoms with E-state index in [-0.39, 0.29) is 17.6 Å². The van der Waals surface area contributed by atoms with Crippen LogP contribution in [0.25, 0.3) is 0 Å². The first kappa shape index (κ1) is 15.8. The van der Waals surface area contributed by atoms with Crippen LogP contribution in [-0.2, 0) is 4.79 Å². The average Bonchev–Trinajstić information content (AvgIpc) is 2.68. The van der Waals surface area contributed by atoms with Crippen molar-refractivity contribution in [3.63, 3.8) is 0 Å². The minimum atomic E-state index is -0.823. The van der Waals surface area contributed by atoms with Gasteiger partial charge in [0.05, 0.1) is 5.92 Å². The summed E-state index contributed by atoms with van der Waals surface area (Å²) in [6.07, 6.45) is 0.529. The first-order valence-corrected chi connectivity index (χ1v) is 6.61. The molecule has 0 aromatic rings. The highest BCUT2D eigenvalue weighted by Gasteiger charge is 2.38. The van der Waals surface area contributed by atoms with Gasteiger partial charge in [0.25, 0.3) is 0 Å². The fourth-order valence-electron chi connectivity index (χ4n) is 2.11. The summed E-state index contributed by atoms with van der Waals surface area (Å²) < 4.78 is 0. The van der Waals surface area contributed by atoms with Gasteiger partial charge in [-0.15, -0.1) is 0 Å². The smallest absolute Gasteiger partial charge is 0.317 e. The van der Waals surface area contributed by atoms with Crippen LogP contribution in [0.2, 0.25) is 0 Å². The Labute approximate surface area is 114 Å². The summed E-state index contributed by atoms with van der Waals surface area (Å²) in [7, 11) is 3.93. The third-order valence-electron chi connectivity index (χ3n) is 4.22. The maximum absolute atomic E-state index is 12.1. The summed E-state index contributed by atoms with van der Waals surface area (Å²) in [6, 6.07) is -0.425. The summed E-state index contributed by atoms with van der Waals surface area (Å²) in [5.74, 6) is -1.27. The van der Waals surface area contributed by atoms with Crippen LogP contribution in [0.5, 0.6) is 0 Å². The zero-order chi connectivity index (χ0) is 14.8. The number of amides is 2. The highest BCUT2D eigenvalue weighted by atomic mass is 16.4. The summed E-state index contributed by atoms with van der Waals surface area (Å²) >= 11 is 0. The molecule has 0 aromatic heterocycles. The third kappa shape index (κ3) is 3.59. The number of nitrogens with zero attached hydrogens (tertiary/aromatic N) is 2. The van der Waals surface area contributed by atoms with E-state index in [0.717, 1.165) is 0 Å². The Morgan fingerprint density at radius 2 is 2.00 bits per heavy atom. The molecule has 6 nitrogen and oxygen atoms in total. The Bertz CT molecular complexity index is 355. The van der Waals surface area contributed by atoms with Crippen LogP contribution < -0.4 is 5.32 Å². The van der Waals surface area contributed by atoms with E-state index < -0.39 is 11.9 Å². The normalized spacial score (nSPS) is 23.8. The molecule has 1 rings (SSSR count). The fraction of sp³-hybridized carbons (Fsp3) is 0.846. The number of likely N-dealkylation sites (tertiary alicyclic amines) is 1. The Morgan fingerprint density at radius 3 is 2.42 bits per heavy atom. The topological polar surface area (TPSA) is 72.9 Å². The van der Waals surface area contributed by atoms with E-state index in [4.69, 9.17) is 5.11 Å². The number of carboxylic acid groups (broad SMARTS) is 1. The molecule has 0 radical (unpaired) electrons. The number of rotatable bonds is 4. The highest BCUT2D eigenvalue weighted by molar-refractivity contribution is 5.78. The first-order valence-electron chi connectivity index (χ1n) is 6.61. The molecule has 0 aromatic carbocycles. The van der Waals surface area contributed by atoms with Crippen molar-refractivity contribution in [2.75, 3.05) is 27.2 Å². The van der Waals surface area contributed by atoms with Crippen molar-refractivity contribution in [3.8, 4) is 0 Å². The zero-order valence-electron chi connectivity index (χ0n) is 12.4. The Morgan fingerprint density at radius 1 is 1.42 bits per heavy atom. The lowest BCUT2D eigenvalue weighted by Crippen LogP contribution is -2.52. The lowest BCUT2D eigenvalue weighted by Gasteiger charge is -2.34. The molecule has 0 bridgehead atoms. The van der Waals surface area contributed by atoms with Crippen LogP contribution in [0.4, 0.5) is 4.79 Å². The molecular formula is C13H25N3O3. The molecule has 1 aliphatic rings. The van der Waals surface area contributed by atoms with Gasteiger partial charge in [-0.1, -0.05) is 0 Å². The van der Waals surface area contributed by atoms with Crippen molar-refractivity contribution >= 4 is 12.0 Å². The SMILES string of the molecule is CC1C(C(=O)O)CCN1C(=O)NCC(C)(C)N(C)C. The number of carbonyl (C=O) groups is 2. The highest BCUT2D eigenvalue weighted by Crippen LogP contribution is 2.24. The Hall–Kier alpha value is -1.30. The van der Waals surface area contributed by atoms with E-state index in [0.29, 0.717) is 19.5 Å². The number of hydrogen-bond donors (Lipinski definition) is 2. The van der Waals surface area contributed by atoms with Gasteiger partial charge < -0.3 is 20.2 Å². The van der Waals surface area contributed by atoms with E-state index in [1.165, 1.54) is 0 Å². The Balaban J connectivity index is 2.54. The van der Waals surface area contributed by atoms with Crippen LogP contribution in [-0.4, -0.2) is 65.7 Å². The third-order valence-corrected chi connectivity index (χ3v) is 4.22. The molecule has 0 saturated carbocycles. The maximum atomic E-state index is 12.1. The molecule has 0 spiro atoms. The number of aliphatic carboxylic acids is 1. The molecule has 2 N–H and O–H groups in total. The van der Waals surface area contributed by atoms with E-state index in [1.54, 1.807) is 11.8 Å². The van der Waals surface area contributed by atoms with Crippen LogP contribution >= 0.6 is 0 Å². The standard InChI is InChI=1S/C13H25N3O3/c1-9-10(11(17)18)6-7-16(9)12(19)14-8-13(2,3)15(4)5/h9-10H,6-8H2,1-5H3,(H,14,19)(H,17,18). The van der Waals surface area contributed by atoms with E-state index >= 15 is 0 Å². The number of carbonyl (C=O) groups excluding carboxylic acids is 1. The molecular weight excluding hydrogens is 246 g/mol. The molecule has 1 aliphatic heterocycles. The predicted molar refractivity (Wildman–Crippen MR) is 73.1 cm³/mol. The van der Waals surface area contributed by atoms with Gasteiger partial charge in [0.2, 0.25) is 0 Å². The molecule has 2 amide bonds. The number of likely N-dealkylation sites (N-methyl/N-ethyl adjacent to an activating group) is 1. The lowest BCUT2D eigenvalue weighted by molar-refractivity contribution is -0.142. The van der Waals surface area contributed by atoms with Gasteiger partial charge in [-0.25, -0.2) is 4.79 Å². The van der Waals surface area contributed by atoms with E-state index in [9.17, 15) is 9.59 Å². The quantitative estimate of drug-likeness (QED) is 0.794. The van der Waals surface area contributed by atoms with Crippen molar-refractivity contribution in [2.24, 2.45) is 5.92 Å². The molecule has 1 fully saturated rings. The van der Waals surface area contributed by atoms with Crippen molar-refractivity contribution < 1.29 is 14.7 Å². The number of hydrogen-bond acceptors (Lipinski definition) is 3. The molecule has 1 saturated heterocycles. The molecule has 2 atom stereocenters. The second-order valence-corrected chi connectivity index (χ2v) is 6.03. The van der Waals surface area contributed by atoms with Gasteiger partial charge in [-0.3, -0.25) is 4.79 Å². The van der Waals surface area contributed by atoms with Crippen LogP contribution in [0.3, 0.4) is 0 Å². The molecule has 19 heavy (non-hydrogen) atoms. The van der Waals surface area contributed by atoms with E-state index in [2.05, 4.69) is 5.32 Å². The molecule has 6 heteroatoms. The van der Waals surface area contributed by atoms with Gasteiger partial charge in [-0.05, 0) is 41.3 Å². The molecule has 110 valence electrons. The minimum Gasteiger partial charge on any atom is -0.481 e. The molecule has 1 heterocycles. The van der Waals surface area contributed by atoms with Crippen LogP contribution in [0, 0.1) is 5.92 Å².